The van der Waals surface area contributed by atoms with Crippen molar-refractivity contribution in [3.63, 3.8) is 0 Å². The molecule has 1 unspecified atom stereocenters. The zero-order valence-electron chi connectivity index (χ0n) is 16.2. The van der Waals surface area contributed by atoms with Crippen molar-refractivity contribution in [1.29, 1.82) is 0 Å². The Kier molecular flexibility index (Phi) is 7.04. The Morgan fingerprint density at radius 1 is 1.19 bits per heavy atom. The van der Waals surface area contributed by atoms with Crippen LogP contribution in [-0.4, -0.2) is 37.6 Å². The van der Waals surface area contributed by atoms with Gasteiger partial charge in [-0.05, 0) is 63.2 Å². The van der Waals surface area contributed by atoms with Crippen molar-refractivity contribution in [3.05, 3.63) is 53.6 Å². The second kappa shape index (κ2) is 9.25. The van der Waals surface area contributed by atoms with Gasteiger partial charge in [0.1, 0.15) is 11.5 Å². The summed E-state index contributed by atoms with van der Waals surface area (Å²) in [7, 11) is 3.54. The fourth-order valence-electron chi connectivity index (χ4n) is 2.64. The molecule has 0 bridgehead atoms. The van der Waals surface area contributed by atoms with Gasteiger partial charge in [-0.15, -0.1) is 0 Å². The maximum absolute atomic E-state index is 12.6. The monoisotopic (exact) mass is 356 g/mol. The van der Waals surface area contributed by atoms with Gasteiger partial charge in [0.25, 0.3) is 0 Å². The fourth-order valence-corrected chi connectivity index (χ4v) is 2.64. The number of ether oxygens (including phenoxy) is 2. The average Bonchev–Trinajstić information content (AvgIpc) is 2.63. The zero-order valence-corrected chi connectivity index (χ0v) is 16.2. The van der Waals surface area contributed by atoms with Crippen LogP contribution >= 0.6 is 0 Å². The summed E-state index contributed by atoms with van der Waals surface area (Å²) < 4.78 is 10.8. The largest absolute Gasteiger partial charge is 0.495 e. The molecule has 140 valence electrons. The van der Waals surface area contributed by atoms with Crippen molar-refractivity contribution < 1.29 is 14.3 Å². The van der Waals surface area contributed by atoms with E-state index in [1.165, 1.54) is 0 Å². The Morgan fingerprint density at radius 3 is 2.50 bits per heavy atom. The van der Waals surface area contributed by atoms with Crippen molar-refractivity contribution in [3.8, 4) is 11.5 Å². The molecule has 0 aliphatic heterocycles. The Morgan fingerprint density at radius 2 is 1.88 bits per heavy atom. The Bertz CT molecular complexity index is 729. The molecular weight excluding hydrogens is 328 g/mol. The summed E-state index contributed by atoms with van der Waals surface area (Å²) in [5, 5.41) is 2.97. The van der Waals surface area contributed by atoms with Gasteiger partial charge in [-0.3, -0.25) is 9.69 Å². The number of amides is 1. The lowest BCUT2D eigenvalue weighted by Gasteiger charge is -2.24. The number of benzene rings is 2. The van der Waals surface area contributed by atoms with Gasteiger partial charge in [0.15, 0.2) is 0 Å². The molecule has 1 N–H and O–H groups in total. The lowest BCUT2D eigenvalue weighted by molar-refractivity contribution is -0.120. The third kappa shape index (κ3) is 5.23. The zero-order chi connectivity index (χ0) is 19.1. The van der Waals surface area contributed by atoms with E-state index in [4.69, 9.17) is 9.47 Å². The summed E-state index contributed by atoms with van der Waals surface area (Å²) in [6, 6.07) is 13.4. The number of likely N-dealkylation sites (N-methyl/N-ethyl adjacent to an activating group) is 1. The van der Waals surface area contributed by atoms with Gasteiger partial charge in [0.05, 0.1) is 25.4 Å². The molecule has 0 radical (unpaired) electrons. The highest BCUT2D eigenvalue weighted by Crippen LogP contribution is 2.25. The summed E-state index contributed by atoms with van der Waals surface area (Å²) in [4.78, 5) is 14.6. The van der Waals surface area contributed by atoms with Crippen LogP contribution in [0.1, 0.15) is 25.0 Å². The molecule has 1 amide bonds. The molecule has 0 fully saturated rings. The third-order valence-corrected chi connectivity index (χ3v) is 4.32. The van der Waals surface area contributed by atoms with E-state index < -0.39 is 0 Å². The molecule has 2 aromatic rings. The highest BCUT2D eigenvalue weighted by molar-refractivity contribution is 5.95. The van der Waals surface area contributed by atoms with Crippen molar-refractivity contribution >= 4 is 11.6 Å². The summed E-state index contributed by atoms with van der Waals surface area (Å²) in [5.74, 6) is 1.45. The summed E-state index contributed by atoms with van der Waals surface area (Å²) in [5.41, 5.74) is 2.89. The van der Waals surface area contributed by atoms with E-state index >= 15 is 0 Å². The second-order valence-electron chi connectivity index (χ2n) is 6.36. The van der Waals surface area contributed by atoms with E-state index in [2.05, 4.69) is 5.32 Å². The molecule has 2 aromatic carbocycles. The maximum Gasteiger partial charge on any atom is 0.241 e. The van der Waals surface area contributed by atoms with Gasteiger partial charge in [0.2, 0.25) is 5.91 Å². The number of nitrogens with one attached hydrogen (secondary N) is 1. The lowest BCUT2D eigenvalue weighted by atomic mass is 10.1. The molecule has 0 heterocycles. The Hall–Kier alpha value is -2.53. The first kappa shape index (κ1) is 19.8. The molecule has 0 aromatic heterocycles. The number of aryl methyl sites for hydroxylation is 1. The molecular formula is C21H28N2O3. The molecule has 0 saturated carbocycles. The number of methoxy groups -OCH3 is 1. The number of carbonyl (C=O) groups is 1. The van der Waals surface area contributed by atoms with Crippen LogP contribution < -0.4 is 14.8 Å². The van der Waals surface area contributed by atoms with Crippen molar-refractivity contribution in [2.24, 2.45) is 0 Å². The minimum Gasteiger partial charge on any atom is -0.495 e. The van der Waals surface area contributed by atoms with E-state index in [1.54, 1.807) is 7.11 Å². The SMILES string of the molecule is CCOc1ccc(CN(C)C(C)C(=O)Nc2cc(C)ccc2OC)cc1. The number of hydrogen-bond donors (Lipinski definition) is 1. The van der Waals surface area contributed by atoms with Gasteiger partial charge in [-0.2, -0.15) is 0 Å². The quantitative estimate of drug-likeness (QED) is 0.780. The number of hydrogen-bond acceptors (Lipinski definition) is 4. The molecule has 26 heavy (non-hydrogen) atoms. The smallest absolute Gasteiger partial charge is 0.241 e. The van der Waals surface area contributed by atoms with Crippen LogP contribution in [0.2, 0.25) is 0 Å². The number of anilines is 1. The molecule has 1 atom stereocenters. The predicted molar refractivity (Wildman–Crippen MR) is 105 cm³/mol. The van der Waals surface area contributed by atoms with Gasteiger partial charge in [0, 0.05) is 6.54 Å². The number of nitrogens with zero attached hydrogens (tertiary/aromatic N) is 1. The highest BCUT2D eigenvalue weighted by Gasteiger charge is 2.19. The van der Waals surface area contributed by atoms with Crippen LogP contribution in [0.5, 0.6) is 11.5 Å². The van der Waals surface area contributed by atoms with E-state index in [0.717, 1.165) is 16.9 Å². The second-order valence-corrected chi connectivity index (χ2v) is 6.36. The molecule has 5 heteroatoms. The van der Waals surface area contributed by atoms with Crippen molar-refractivity contribution in [2.75, 3.05) is 26.1 Å². The van der Waals surface area contributed by atoms with Gasteiger partial charge in [-0.1, -0.05) is 18.2 Å². The molecule has 5 nitrogen and oxygen atoms in total. The highest BCUT2D eigenvalue weighted by atomic mass is 16.5. The first-order valence-electron chi connectivity index (χ1n) is 8.82. The maximum atomic E-state index is 12.6. The molecule has 0 aliphatic carbocycles. The van der Waals surface area contributed by atoms with Gasteiger partial charge in [-0.25, -0.2) is 0 Å². The first-order valence-corrected chi connectivity index (χ1v) is 8.82. The fraction of sp³-hybridized carbons (Fsp3) is 0.381. The minimum absolute atomic E-state index is 0.0673. The predicted octanol–water partition coefficient (Wildman–Crippen LogP) is 3.86. The van der Waals surface area contributed by atoms with Crippen molar-refractivity contribution in [1.82, 2.24) is 4.90 Å². The van der Waals surface area contributed by atoms with Crippen LogP contribution in [-0.2, 0) is 11.3 Å². The van der Waals surface area contributed by atoms with Crippen LogP contribution in [0, 0.1) is 6.92 Å². The molecule has 0 aliphatic rings. The van der Waals surface area contributed by atoms with Gasteiger partial charge >= 0.3 is 0 Å². The lowest BCUT2D eigenvalue weighted by Crippen LogP contribution is -2.39. The first-order chi connectivity index (χ1) is 12.4. The van der Waals surface area contributed by atoms with Crippen molar-refractivity contribution in [2.45, 2.75) is 33.4 Å². The average molecular weight is 356 g/mol. The Balaban J connectivity index is 1.99. The van der Waals surface area contributed by atoms with E-state index in [0.29, 0.717) is 24.6 Å². The molecule has 0 spiro atoms. The Labute approximate surface area is 155 Å². The minimum atomic E-state index is -0.285. The molecule has 2 rings (SSSR count). The van der Waals surface area contributed by atoms with Crippen LogP contribution in [0.3, 0.4) is 0 Å². The summed E-state index contributed by atoms with van der Waals surface area (Å²) in [6.45, 7) is 7.17. The van der Waals surface area contributed by atoms with Crippen LogP contribution in [0.25, 0.3) is 0 Å². The molecule has 0 saturated heterocycles. The normalized spacial score (nSPS) is 11.9. The van der Waals surface area contributed by atoms with E-state index in [9.17, 15) is 4.79 Å². The summed E-state index contributed by atoms with van der Waals surface area (Å²) >= 11 is 0. The third-order valence-electron chi connectivity index (χ3n) is 4.32. The van der Waals surface area contributed by atoms with E-state index in [-0.39, 0.29) is 11.9 Å². The van der Waals surface area contributed by atoms with Crippen LogP contribution in [0.15, 0.2) is 42.5 Å². The van der Waals surface area contributed by atoms with E-state index in [1.807, 2.05) is 75.2 Å². The standard InChI is InChI=1S/C21H28N2O3/c1-6-26-18-10-8-17(9-11-18)14-23(4)16(3)21(24)22-19-13-15(2)7-12-20(19)25-5/h7-13,16H,6,14H2,1-5H3,(H,22,24). The van der Waals surface area contributed by atoms with Gasteiger partial charge < -0.3 is 14.8 Å². The summed E-state index contributed by atoms with van der Waals surface area (Å²) in [6.07, 6.45) is 0. The topological polar surface area (TPSA) is 50.8 Å². The van der Waals surface area contributed by atoms with Crippen LogP contribution in [0.4, 0.5) is 5.69 Å². The number of carbonyl (C=O) groups excluding carboxylic acids is 1. The number of rotatable bonds is 8.